The van der Waals surface area contributed by atoms with Gasteiger partial charge >= 0.3 is 5.97 Å². The van der Waals surface area contributed by atoms with E-state index in [4.69, 9.17) is 5.11 Å². The van der Waals surface area contributed by atoms with Crippen molar-refractivity contribution < 1.29 is 14.3 Å². The molecule has 1 aromatic carbocycles. The molecule has 1 aliphatic rings. The number of rotatable bonds is 4. The molecule has 0 spiro atoms. The average molecular weight is 277 g/mol. The monoisotopic (exact) mass is 277 g/mol. The minimum absolute atomic E-state index is 0.338. The first-order valence-electron chi connectivity index (χ1n) is 7.07. The van der Waals surface area contributed by atoms with E-state index < -0.39 is 5.97 Å². The van der Waals surface area contributed by atoms with Crippen molar-refractivity contribution in [1.29, 1.82) is 0 Å². The van der Waals surface area contributed by atoms with Gasteiger partial charge in [0.05, 0.1) is 0 Å². The lowest BCUT2D eigenvalue weighted by Gasteiger charge is -2.21. The van der Waals surface area contributed by atoms with Crippen LogP contribution in [-0.2, 0) is 11.3 Å². The van der Waals surface area contributed by atoms with Gasteiger partial charge < -0.3 is 5.11 Å². The second-order valence-electron chi connectivity index (χ2n) is 5.21. The molecule has 0 atom stereocenters. The fourth-order valence-electron chi connectivity index (χ4n) is 2.56. The Morgan fingerprint density at radius 3 is 2.60 bits per heavy atom. The van der Waals surface area contributed by atoms with Crippen LogP contribution in [-0.4, -0.2) is 29.1 Å². The van der Waals surface area contributed by atoms with Crippen LogP contribution in [0.1, 0.15) is 36.8 Å². The Labute approximate surface area is 118 Å². The highest BCUT2D eigenvalue weighted by Crippen LogP contribution is 2.18. The standard InChI is InChI=1S/C16H20FNO2/c17-15-7-5-14(13(11-15)6-8-16(19)20)12-18-9-3-1-2-4-10-18/h5-8,11H,1-4,9-10,12H2,(H,19,20). The summed E-state index contributed by atoms with van der Waals surface area (Å²) in [5.41, 5.74) is 1.63. The van der Waals surface area contributed by atoms with Gasteiger partial charge in [-0.1, -0.05) is 18.9 Å². The first kappa shape index (κ1) is 14.7. The summed E-state index contributed by atoms with van der Waals surface area (Å²) in [5.74, 6) is -1.36. The second kappa shape index (κ2) is 7.20. The van der Waals surface area contributed by atoms with Gasteiger partial charge in [0.1, 0.15) is 5.82 Å². The van der Waals surface area contributed by atoms with Gasteiger partial charge in [-0.2, -0.15) is 0 Å². The minimum Gasteiger partial charge on any atom is -0.478 e. The van der Waals surface area contributed by atoms with E-state index >= 15 is 0 Å². The summed E-state index contributed by atoms with van der Waals surface area (Å²) >= 11 is 0. The Kier molecular flexibility index (Phi) is 5.30. The van der Waals surface area contributed by atoms with Gasteiger partial charge in [0.15, 0.2) is 0 Å². The van der Waals surface area contributed by atoms with Crippen LogP contribution in [0.5, 0.6) is 0 Å². The van der Waals surface area contributed by atoms with Crippen LogP contribution < -0.4 is 0 Å². The number of carbonyl (C=O) groups is 1. The van der Waals surface area contributed by atoms with Crippen LogP contribution in [0.3, 0.4) is 0 Å². The molecule has 0 aromatic heterocycles. The lowest BCUT2D eigenvalue weighted by atomic mass is 10.1. The van der Waals surface area contributed by atoms with E-state index in [1.54, 1.807) is 6.07 Å². The van der Waals surface area contributed by atoms with Gasteiger partial charge in [0, 0.05) is 12.6 Å². The van der Waals surface area contributed by atoms with Crippen LogP contribution in [0, 0.1) is 5.82 Å². The first-order chi connectivity index (χ1) is 9.65. The van der Waals surface area contributed by atoms with Gasteiger partial charge in [-0.05, 0) is 55.3 Å². The lowest BCUT2D eigenvalue weighted by Crippen LogP contribution is -2.24. The Hall–Kier alpha value is -1.68. The number of carboxylic acids is 1. The van der Waals surface area contributed by atoms with Crippen molar-refractivity contribution in [2.45, 2.75) is 32.2 Å². The maximum Gasteiger partial charge on any atom is 0.328 e. The molecular weight excluding hydrogens is 257 g/mol. The lowest BCUT2D eigenvalue weighted by molar-refractivity contribution is -0.131. The van der Waals surface area contributed by atoms with E-state index in [0.717, 1.165) is 31.3 Å². The van der Waals surface area contributed by atoms with Gasteiger partial charge in [0.2, 0.25) is 0 Å². The van der Waals surface area contributed by atoms with Crippen LogP contribution in [0.15, 0.2) is 24.3 Å². The summed E-state index contributed by atoms with van der Waals surface area (Å²) in [6.45, 7) is 2.86. The number of halogens is 1. The third-order valence-electron chi connectivity index (χ3n) is 3.61. The second-order valence-corrected chi connectivity index (χ2v) is 5.21. The summed E-state index contributed by atoms with van der Waals surface area (Å²) in [6, 6.07) is 4.58. The molecule has 0 amide bonds. The van der Waals surface area contributed by atoms with Crippen molar-refractivity contribution >= 4 is 12.0 Å². The Balaban J connectivity index is 2.14. The molecule has 0 bridgehead atoms. The van der Waals surface area contributed by atoms with E-state index in [1.807, 2.05) is 0 Å². The van der Waals surface area contributed by atoms with E-state index in [-0.39, 0.29) is 5.82 Å². The van der Waals surface area contributed by atoms with Crippen LogP contribution in [0.25, 0.3) is 6.08 Å². The van der Waals surface area contributed by atoms with Crippen molar-refractivity contribution in [3.63, 3.8) is 0 Å². The summed E-state index contributed by atoms with van der Waals surface area (Å²) in [6.07, 6.45) is 7.46. The van der Waals surface area contributed by atoms with Crippen LogP contribution in [0.4, 0.5) is 4.39 Å². The zero-order valence-electron chi connectivity index (χ0n) is 11.5. The molecule has 0 aliphatic carbocycles. The average Bonchev–Trinajstić information content (AvgIpc) is 2.67. The summed E-state index contributed by atoms with van der Waals surface area (Å²) in [5, 5.41) is 8.70. The van der Waals surface area contributed by atoms with Crippen LogP contribution in [0.2, 0.25) is 0 Å². The highest BCUT2D eigenvalue weighted by atomic mass is 19.1. The number of aliphatic carboxylic acids is 1. The number of likely N-dealkylation sites (tertiary alicyclic amines) is 1. The molecule has 2 rings (SSSR count). The zero-order valence-corrected chi connectivity index (χ0v) is 11.5. The fourth-order valence-corrected chi connectivity index (χ4v) is 2.56. The summed E-state index contributed by atoms with van der Waals surface area (Å²) in [4.78, 5) is 13.0. The SMILES string of the molecule is O=C(O)C=Cc1cc(F)ccc1CN1CCCCCC1. The molecule has 4 heteroatoms. The van der Waals surface area contributed by atoms with E-state index in [9.17, 15) is 9.18 Å². The molecule has 108 valence electrons. The number of hydrogen-bond acceptors (Lipinski definition) is 2. The molecule has 1 N–H and O–H groups in total. The number of nitrogens with zero attached hydrogens (tertiary/aromatic N) is 1. The van der Waals surface area contributed by atoms with Gasteiger partial charge in [-0.15, -0.1) is 0 Å². The molecule has 1 aromatic rings. The molecule has 1 fully saturated rings. The first-order valence-corrected chi connectivity index (χ1v) is 7.07. The molecule has 1 heterocycles. The highest BCUT2D eigenvalue weighted by Gasteiger charge is 2.11. The number of hydrogen-bond donors (Lipinski definition) is 1. The van der Waals surface area contributed by atoms with Crippen molar-refractivity contribution in [2.75, 3.05) is 13.1 Å². The molecular formula is C16H20FNO2. The van der Waals surface area contributed by atoms with Crippen molar-refractivity contribution in [3.05, 3.63) is 41.2 Å². The molecule has 20 heavy (non-hydrogen) atoms. The maximum atomic E-state index is 13.3. The molecule has 1 aliphatic heterocycles. The molecule has 0 saturated carbocycles. The predicted octanol–water partition coefficient (Wildman–Crippen LogP) is 3.30. The minimum atomic E-state index is -1.02. The van der Waals surface area contributed by atoms with Crippen molar-refractivity contribution in [1.82, 2.24) is 4.90 Å². The molecule has 1 saturated heterocycles. The summed E-state index contributed by atoms with van der Waals surface area (Å²) < 4.78 is 13.3. The largest absolute Gasteiger partial charge is 0.478 e. The third kappa shape index (κ3) is 4.46. The zero-order chi connectivity index (χ0) is 14.4. The Morgan fingerprint density at radius 1 is 1.25 bits per heavy atom. The predicted molar refractivity (Wildman–Crippen MR) is 76.8 cm³/mol. The van der Waals surface area contributed by atoms with Crippen molar-refractivity contribution in [3.8, 4) is 0 Å². The fraction of sp³-hybridized carbons (Fsp3) is 0.438. The Morgan fingerprint density at radius 2 is 1.95 bits per heavy atom. The smallest absolute Gasteiger partial charge is 0.328 e. The summed E-state index contributed by atoms with van der Waals surface area (Å²) in [7, 11) is 0. The van der Waals surface area contributed by atoms with Crippen molar-refractivity contribution in [2.24, 2.45) is 0 Å². The Bertz CT molecular complexity index is 491. The third-order valence-corrected chi connectivity index (χ3v) is 3.61. The number of carboxylic acid groups (broad SMARTS) is 1. The van der Waals surface area contributed by atoms with Crippen LogP contribution >= 0.6 is 0 Å². The maximum absolute atomic E-state index is 13.3. The normalized spacial score (nSPS) is 17.2. The van der Waals surface area contributed by atoms with E-state index in [0.29, 0.717) is 5.56 Å². The van der Waals surface area contributed by atoms with E-state index in [2.05, 4.69) is 4.90 Å². The van der Waals surface area contributed by atoms with Gasteiger partial charge in [-0.25, -0.2) is 9.18 Å². The van der Waals surface area contributed by atoms with Gasteiger partial charge in [-0.3, -0.25) is 4.90 Å². The molecule has 3 nitrogen and oxygen atoms in total. The quantitative estimate of drug-likeness (QED) is 0.858. The molecule has 0 radical (unpaired) electrons. The topological polar surface area (TPSA) is 40.5 Å². The molecule has 0 unspecified atom stereocenters. The highest BCUT2D eigenvalue weighted by molar-refractivity contribution is 5.85. The van der Waals surface area contributed by atoms with E-state index in [1.165, 1.54) is 43.9 Å². The number of benzene rings is 1. The van der Waals surface area contributed by atoms with Gasteiger partial charge in [0.25, 0.3) is 0 Å².